The Morgan fingerprint density at radius 3 is 2.96 bits per heavy atom. The lowest BCUT2D eigenvalue weighted by molar-refractivity contribution is -0.116. The fraction of sp³-hybridized carbons (Fsp3) is 0.471. The number of hydrogen-bond acceptors (Lipinski definition) is 4. The number of carbonyl (C=O) groups excluding carboxylic acids is 1. The lowest BCUT2D eigenvalue weighted by Gasteiger charge is -2.16. The van der Waals surface area contributed by atoms with Crippen LogP contribution in [0.5, 0.6) is 0 Å². The molecule has 0 saturated carbocycles. The van der Waals surface area contributed by atoms with E-state index in [9.17, 15) is 4.79 Å². The minimum absolute atomic E-state index is 0.137. The zero-order valence-electron chi connectivity index (χ0n) is 13.7. The van der Waals surface area contributed by atoms with Crippen LogP contribution in [0.2, 0.25) is 0 Å². The van der Waals surface area contributed by atoms with Gasteiger partial charge in [-0.2, -0.15) is 0 Å². The summed E-state index contributed by atoms with van der Waals surface area (Å²) in [4.78, 5) is 14.4. The van der Waals surface area contributed by atoms with Gasteiger partial charge in [-0.25, -0.2) is 0 Å². The number of unbranched alkanes of at least 4 members (excludes halogenated alkanes) is 1. The number of anilines is 1. The normalized spacial score (nSPS) is 13.4. The van der Waals surface area contributed by atoms with Crippen molar-refractivity contribution in [3.63, 3.8) is 0 Å². The average molecular weight is 330 g/mol. The van der Waals surface area contributed by atoms with Crippen molar-refractivity contribution in [3.8, 4) is 0 Å². The highest BCUT2D eigenvalue weighted by molar-refractivity contribution is 7.99. The molecule has 122 valence electrons. The number of rotatable bonds is 6. The number of aryl methyl sites for hydroxylation is 1. The zero-order chi connectivity index (χ0) is 16.2. The van der Waals surface area contributed by atoms with Crippen LogP contribution in [0.3, 0.4) is 0 Å². The van der Waals surface area contributed by atoms with Crippen LogP contribution in [0.25, 0.3) is 0 Å². The largest absolute Gasteiger partial charge is 0.311 e. The first-order valence-corrected chi connectivity index (χ1v) is 9.08. The molecule has 5 nitrogen and oxygen atoms in total. The van der Waals surface area contributed by atoms with Crippen LogP contribution >= 0.6 is 11.8 Å². The van der Waals surface area contributed by atoms with Gasteiger partial charge in [-0.3, -0.25) is 4.79 Å². The summed E-state index contributed by atoms with van der Waals surface area (Å²) in [5.74, 6) is 1.53. The van der Waals surface area contributed by atoms with Crippen LogP contribution in [-0.4, -0.2) is 33.0 Å². The van der Waals surface area contributed by atoms with Crippen molar-refractivity contribution >= 4 is 23.4 Å². The number of para-hydroxylation sites is 1. The topological polar surface area (TPSA) is 51.0 Å². The molecular formula is C17H22N4OS. The Morgan fingerprint density at radius 2 is 2.13 bits per heavy atom. The Labute approximate surface area is 141 Å². The highest BCUT2D eigenvalue weighted by Gasteiger charge is 2.24. The maximum atomic E-state index is 12.5. The quantitative estimate of drug-likeness (QED) is 0.764. The Hall–Kier alpha value is -1.82. The fourth-order valence-electron chi connectivity index (χ4n) is 2.82. The van der Waals surface area contributed by atoms with Crippen LogP contribution < -0.4 is 4.90 Å². The Kier molecular flexibility index (Phi) is 5.00. The van der Waals surface area contributed by atoms with Gasteiger partial charge in [-0.1, -0.05) is 43.3 Å². The molecule has 0 bridgehead atoms. The van der Waals surface area contributed by atoms with E-state index in [4.69, 9.17) is 0 Å². The minimum atomic E-state index is 0.137. The molecule has 0 atom stereocenters. The van der Waals surface area contributed by atoms with Crippen molar-refractivity contribution in [2.24, 2.45) is 7.05 Å². The van der Waals surface area contributed by atoms with E-state index in [-0.39, 0.29) is 5.91 Å². The Morgan fingerprint density at radius 1 is 1.30 bits per heavy atom. The summed E-state index contributed by atoms with van der Waals surface area (Å²) in [7, 11) is 1.98. The number of carbonyl (C=O) groups is 1. The van der Waals surface area contributed by atoms with Gasteiger partial charge in [0.1, 0.15) is 5.82 Å². The molecule has 0 spiro atoms. The molecule has 0 N–H and O–H groups in total. The number of fused-ring (bicyclic) bond motifs is 1. The first kappa shape index (κ1) is 16.1. The Balaban J connectivity index is 1.61. The molecule has 1 amide bonds. The van der Waals surface area contributed by atoms with E-state index < -0.39 is 0 Å². The molecule has 0 saturated heterocycles. The number of aromatic nitrogens is 3. The molecule has 1 aliphatic heterocycles. The smallest absolute Gasteiger partial charge is 0.237 e. The highest BCUT2D eigenvalue weighted by Crippen LogP contribution is 2.28. The molecule has 0 aliphatic carbocycles. The number of benzene rings is 1. The number of amides is 1. The molecule has 1 aromatic carbocycles. The number of nitrogens with zero attached hydrogens (tertiary/aromatic N) is 4. The predicted octanol–water partition coefficient (Wildman–Crippen LogP) is 2.84. The summed E-state index contributed by atoms with van der Waals surface area (Å²) in [6, 6.07) is 8.13. The molecule has 0 radical (unpaired) electrons. The van der Waals surface area contributed by atoms with E-state index in [1.807, 2.05) is 34.7 Å². The standard InChI is InChI=1S/C17H22N4OS/c1-3-4-9-15-18-19-17(20(15)2)23-12-16(22)21-11-10-13-7-5-6-8-14(13)21/h5-8H,3-4,9-12H2,1-2H3. The van der Waals surface area contributed by atoms with Gasteiger partial charge in [0.25, 0.3) is 0 Å². The van der Waals surface area contributed by atoms with Crippen molar-refractivity contribution in [2.45, 2.75) is 37.8 Å². The van der Waals surface area contributed by atoms with Gasteiger partial charge in [0.2, 0.25) is 5.91 Å². The van der Waals surface area contributed by atoms with Crippen LogP contribution in [-0.2, 0) is 24.7 Å². The second-order valence-corrected chi connectivity index (χ2v) is 6.72. The monoisotopic (exact) mass is 330 g/mol. The number of hydrogen-bond donors (Lipinski definition) is 0. The van der Waals surface area contributed by atoms with Crippen molar-refractivity contribution in [3.05, 3.63) is 35.7 Å². The molecular weight excluding hydrogens is 308 g/mol. The van der Waals surface area contributed by atoms with Gasteiger partial charge < -0.3 is 9.47 Å². The maximum Gasteiger partial charge on any atom is 0.237 e. The molecule has 1 aromatic heterocycles. The zero-order valence-corrected chi connectivity index (χ0v) is 14.5. The molecule has 1 aliphatic rings. The van der Waals surface area contributed by atoms with E-state index in [0.717, 1.165) is 48.9 Å². The summed E-state index contributed by atoms with van der Waals surface area (Å²) in [5.41, 5.74) is 2.31. The molecule has 0 unspecified atom stereocenters. The van der Waals surface area contributed by atoms with E-state index >= 15 is 0 Å². The molecule has 3 rings (SSSR count). The van der Waals surface area contributed by atoms with Gasteiger partial charge in [-0.15, -0.1) is 10.2 Å². The lowest BCUT2D eigenvalue weighted by atomic mass is 10.2. The third kappa shape index (κ3) is 3.42. The van der Waals surface area contributed by atoms with Crippen molar-refractivity contribution in [1.82, 2.24) is 14.8 Å². The minimum Gasteiger partial charge on any atom is -0.311 e. The molecule has 0 fully saturated rings. The van der Waals surface area contributed by atoms with Crippen LogP contribution in [0.1, 0.15) is 31.2 Å². The van der Waals surface area contributed by atoms with E-state index in [1.165, 1.54) is 17.3 Å². The molecule has 6 heteroatoms. The van der Waals surface area contributed by atoms with Crippen molar-refractivity contribution in [2.75, 3.05) is 17.2 Å². The van der Waals surface area contributed by atoms with Gasteiger partial charge in [-0.05, 0) is 24.5 Å². The molecule has 23 heavy (non-hydrogen) atoms. The lowest BCUT2D eigenvalue weighted by Crippen LogP contribution is -2.30. The van der Waals surface area contributed by atoms with Gasteiger partial charge in [0.05, 0.1) is 5.75 Å². The molecule has 2 aromatic rings. The van der Waals surface area contributed by atoms with Gasteiger partial charge >= 0.3 is 0 Å². The SMILES string of the molecule is CCCCc1nnc(SCC(=O)N2CCc3ccccc32)n1C. The van der Waals surface area contributed by atoms with Crippen LogP contribution in [0.4, 0.5) is 5.69 Å². The second-order valence-electron chi connectivity index (χ2n) is 5.77. The summed E-state index contributed by atoms with van der Waals surface area (Å²) < 4.78 is 2.01. The first-order valence-electron chi connectivity index (χ1n) is 8.10. The third-order valence-electron chi connectivity index (χ3n) is 4.19. The van der Waals surface area contributed by atoms with Crippen LogP contribution in [0.15, 0.2) is 29.4 Å². The van der Waals surface area contributed by atoms with E-state index in [0.29, 0.717) is 5.75 Å². The molecule has 2 heterocycles. The second kappa shape index (κ2) is 7.17. The fourth-order valence-corrected chi connectivity index (χ4v) is 3.63. The van der Waals surface area contributed by atoms with E-state index in [1.54, 1.807) is 0 Å². The van der Waals surface area contributed by atoms with Gasteiger partial charge in [0.15, 0.2) is 5.16 Å². The summed E-state index contributed by atoms with van der Waals surface area (Å²) in [6.45, 7) is 2.94. The predicted molar refractivity (Wildman–Crippen MR) is 92.8 cm³/mol. The van der Waals surface area contributed by atoms with Crippen molar-refractivity contribution < 1.29 is 4.79 Å². The summed E-state index contributed by atoms with van der Waals surface area (Å²) >= 11 is 1.47. The Bertz CT molecular complexity index is 698. The summed E-state index contributed by atoms with van der Waals surface area (Å²) in [5, 5.41) is 9.27. The maximum absolute atomic E-state index is 12.5. The van der Waals surface area contributed by atoms with Gasteiger partial charge in [0, 0.05) is 25.7 Å². The highest BCUT2D eigenvalue weighted by atomic mass is 32.2. The van der Waals surface area contributed by atoms with E-state index in [2.05, 4.69) is 23.2 Å². The van der Waals surface area contributed by atoms with Crippen LogP contribution in [0, 0.1) is 0 Å². The third-order valence-corrected chi connectivity index (χ3v) is 5.20. The van der Waals surface area contributed by atoms with Crippen molar-refractivity contribution in [1.29, 1.82) is 0 Å². The first-order chi connectivity index (χ1) is 11.2. The number of thioether (sulfide) groups is 1. The average Bonchev–Trinajstić information content (AvgIpc) is 3.15. The summed E-state index contributed by atoms with van der Waals surface area (Å²) in [6.07, 6.45) is 4.13.